The first-order chi connectivity index (χ1) is 27.2. The van der Waals surface area contributed by atoms with Gasteiger partial charge in [0.25, 0.3) is 6.43 Å². The average molecular weight is 834 g/mol. The molecule has 0 unspecified atom stereocenters. The number of pyridine rings is 1. The molecule has 7 atom stereocenters. The molecule has 0 spiro atoms. The number of methoxy groups -OCH3 is 1. The third-order valence-electron chi connectivity index (χ3n) is 12.7. The Hall–Kier alpha value is -4.21. The Morgan fingerprint density at radius 2 is 1.86 bits per heavy atom. The normalized spacial score (nSPS) is 29.4. The van der Waals surface area contributed by atoms with Gasteiger partial charge in [0.05, 0.1) is 53.8 Å². The summed E-state index contributed by atoms with van der Waals surface area (Å²) in [7, 11) is -2.59. The summed E-state index contributed by atoms with van der Waals surface area (Å²) >= 11 is 0. The average Bonchev–Trinajstić information content (AvgIpc) is 4.04. The topological polar surface area (TPSA) is 158 Å². The number of hydrogen-bond donors (Lipinski definition) is 1. The summed E-state index contributed by atoms with van der Waals surface area (Å²) in [5.74, 6) is -4.82. The summed E-state index contributed by atoms with van der Waals surface area (Å²) in [5.41, 5.74) is -3.49. The predicted octanol–water partition coefficient (Wildman–Crippen LogP) is 6.69. The third-order valence-corrected chi connectivity index (χ3v) is 14.9. The van der Waals surface area contributed by atoms with Crippen molar-refractivity contribution in [3.05, 3.63) is 42.4 Å². The van der Waals surface area contributed by atoms with Crippen molar-refractivity contribution in [2.24, 2.45) is 29.1 Å². The number of esters is 1. The molecule has 1 saturated heterocycles. The van der Waals surface area contributed by atoms with E-state index in [1.807, 2.05) is 26.0 Å². The van der Waals surface area contributed by atoms with Gasteiger partial charge in [-0.15, -0.1) is 0 Å². The van der Waals surface area contributed by atoms with Gasteiger partial charge >= 0.3 is 5.97 Å². The zero-order valence-electron chi connectivity index (χ0n) is 33.9. The van der Waals surface area contributed by atoms with Crippen molar-refractivity contribution in [1.29, 1.82) is 0 Å². The fourth-order valence-corrected chi connectivity index (χ4v) is 9.81. The number of alkyl halides is 2. The molecule has 0 bridgehead atoms. The molecule has 1 aromatic carbocycles. The summed E-state index contributed by atoms with van der Waals surface area (Å²) in [4.78, 5) is 62.7. The van der Waals surface area contributed by atoms with Gasteiger partial charge in [0.15, 0.2) is 11.4 Å². The highest BCUT2D eigenvalue weighted by atomic mass is 32.2. The van der Waals surface area contributed by atoms with Crippen LogP contribution < -0.4 is 14.2 Å². The van der Waals surface area contributed by atoms with Crippen molar-refractivity contribution in [3.8, 4) is 11.6 Å². The fourth-order valence-electron chi connectivity index (χ4n) is 8.48. The lowest BCUT2D eigenvalue weighted by molar-refractivity contribution is -0.174. The minimum atomic E-state index is -4.03. The van der Waals surface area contributed by atoms with Gasteiger partial charge in [0.1, 0.15) is 17.7 Å². The van der Waals surface area contributed by atoms with Gasteiger partial charge < -0.3 is 19.1 Å². The van der Waals surface area contributed by atoms with Crippen molar-refractivity contribution in [3.63, 3.8) is 0 Å². The number of Topliss-reactive ketones (excluding diaryl/α,β-unsaturated/α-hetero) is 1. The van der Waals surface area contributed by atoms with E-state index in [-0.39, 0.29) is 43.0 Å². The number of ether oxygens (including phenoxy) is 3. The molecule has 58 heavy (non-hydrogen) atoms. The number of sulfonamides is 1. The monoisotopic (exact) mass is 833 g/mol. The second-order valence-corrected chi connectivity index (χ2v) is 19.7. The number of carbonyl (C=O) groups is 4. The highest BCUT2D eigenvalue weighted by Crippen LogP contribution is 2.58. The van der Waals surface area contributed by atoms with Crippen molar-refractivity contribution in [2.75, 3.05) is 13.7 Å². The lowest BCUT2D eigenvalue weighted by Crippen LogP contribution is -2.48. The van der Waals surface area contributed by atoms with Crippen LogP contribution in [0.25, 0.3) is 10.8 Å². The van der Waals surface area contributed by atoms with Crippen LogP contribution in [0.1, 0.15) is 98.8 Å². The van der Waals surface area contributed by atoms with Gasteiger partial charge in [-0.25, -0.2) is 26.6 Å². The first-order valence-corrected chi connectivity index (χ1v) is 21.6. The summed E-state index contributed by atoms with van der Waals surface area (Å²) in [6.45, 7) is 7.49. The number of halogens is 3. The van der Waals surface area contributed by atoms with E-state index in [2.05, 4.69) is 9.71 Å². The van der Waals surface area contributed by atoms with Gasteiger partial charge in [0, 0.05) is 18.2 Å². The molecule has 3 heterocycles. The Morgan fingerprint density at radius 1 is 1.14 bits per heavy atom. The minimum Gasteiger partial charge on any atom is -0.494 e. The largest absolute Gasteiger partial charge is 0.494 e. The number of fused-ring (bicyclic) bond motifs is 3. The van der Waals surface area contributed by atoms with Gasteiger partial charge in [-0.05, 0) is 95.2 Å². The molecule has 1 aromatic heterocycles. The van der Waals surface area contributed by atoms with E-state index in [1.54, 1.807) is 6.92 Å². The van der Waals surface area contributed by atoms with Gasteiger partial charge in [-0.3, -0.25) is 23.9 Å². The maximum atomic E-state index is 15.0. The van der Waals surface area contributed by atoms with E-state index >= 15 is 0 Å². The quantitative estimate of drug-likeness (QED) is 0.191. The Bertz CT molecular complexity index is 2070. The number of ketones is 1. The second-order valence-electron chi connectivity index (χ2n) is 17.5. The first kappa shape index (κ1) is 43.4. The number of amides is 2. The van der Waals surface area contributed by atoms with E-state index in [1.165, 1.54) is 36.4 Å². The SMILES string of the molecule is CC[C@@H]1C[C@@H](C)CC/C=C\[C@@H]2C[C@@]2(C(=O)NS(=O)(=O)C2(C)CC2)CC(=O)[C@@H]2C[C@@H](Oc3ncc(OC)c4ccc(F)cc34)CN2C(=O)[C@H]1CC(=O)OC(C)(C)C(F)F. The van der Waals surface area contributed by atoms with Crippen LogP contribution in [0.5, 0.6) is 11.6 Å². The zero-order valence-corrected chi connectivity index (χ0v) is 34.7. The molecule has 318 valence electrons. The van der Waals surface area contributed by atoms with Crippen molar-refractivity contribution in [2.45, 2.75) is 128 Å². The molecular formula is C42H54F3N3O9S. The molecule has 16 heteroatoms. The molecule has 2 aliphatic carbocycles. The van der Waals surface area contributed by atoms with Crippen LogP contribution in [-0.2, 0) is 33.9 Å². The molecule has 2 amide bonds. The number of benzene rings is 1. The van der Waals surface area contributed by atoms with E-state index in [9.17, 15) is 40.8 Å². The smallest absolute Gasteiger partial charge is 0.307 e. The number of allylic oxidation sites excluding steroid dienone is 2. The fraction of sp³-hybridized carbons (Fsp3) is 0.643. The lowest BCUT2D eigenvalue weighted by atomic mass is 9.79. The molecule has 2 aliphatic heterocycles. The van der Waals surface area contributed by atoms with Gasteiger partial charge in [0.2, 0.25) is 27.7 Å². The maximum absolute atomic E-state index is 15.0. The Morgan fingerprint density at radius 3 is 2.52 bits per heavy atom. The molecule has 3 fully saturated rings. The molecular weight excluding hydrogens is 780 g/mol. The summed E-state index contributed by atoms with van der Waals surface area (Å²) < 4.78 is 86.8. The predicted molar refractivity (Wildman–Crippen MR) is 208 cm³/mol. The van der Waals surface area contributed by atoms with Gasteiger partial charge in [-0.2, -0.15) is 0 Å². The van der Waals surface area contributed by atoms with Crippen LogP contribution in [0.15, 0.2) is 36.5 Å². The van der Waals surface area contributed by atoms with Crippen molar-refractivity contribution >= 4 is 44.4 Å². The van der Waals surface area contributed by atoms with Crippen LogP contribution in [-0.4, -0.2) is 84.4 Å². The van der Waals surface area contributed by atoms with Crippen LogP contribution in [0, 0.1) is 34.9 Å². The Kier molecular flexibility index (Phi) is 12.3. The molecule has 2 saturated carbocycles. The van der Waals surface area contributed by atoms with Crippen LogP contribution in [0.2, 0.25) is 0 Å². The number of nitrogens with zero attached hydrogens (tertiary/aromatic N) is 2. The van der Waals surface area contributed by atoms with Crippen LogP contribution in [0.4, 0.5) is 13.2 Å². The minimum absolute atomic E-state index is 0.0274. The van der Waals surface area contributed by atoms with E-state index < -0.39 is 97.9 Å². The van der Waals surface area contributed by atoms with Crippen molar-refractivity contribution in [1.82, 2.24) is 14.6 Å². The molecule has 1 N–H and O–H groups in total. The van der Waals surface area contributed by atoms with E-state index in [4.69, 9.17) is 14.2 Å². The molecule has 12 nitrogen and oxygen atoms in total. The van der Waals surface area contributed by atoms with Gasteiger partial charge in [-0.1, -0.05) is 32.4 Å². The first-order valence-electron chi connectivity index (χ1n) is 20.1. The molecule has 0 radical (unpaired) electrons. The van der Waals surface area contributed by atoms with Crippen LogP contribution >= 0.6 is 0 Å². The Labute approximate surface area is 337 Å². The highest BCUT2D eigenvalue weighted by Gasteiger charge is 2.63. The van der Waals surface area contributed by atoms with Crippen LogP contribution in [0.3, 0.4) is 0 Å². The summed E-state index contributed by atoms with van der Waals surface area (Å²) in [5, 5.41) is 0.799. The number of rotatable bonds is 11. The standard InChI is InChI=1S/C42H54F3N3O9S/c1-7-25-16-24(2)10-8-9-11-26-20-42(26,39(52)47-58(53,54)41(5)14-15-41)21-33(49)32-18-28(56-36-31-17-27(43)12-13-29(31)34(55-6)22-46-36)23-48(32)37(51)30(25)19-35(50)57-40(3,4)38(44)45/h9,11-13,17,22,24-26,28,30,32,38H,7-8,10,14-16,18-21,23H2,1-6H3,(H,47,52)/b11-9-/t24-,25+,26+,28+,30-,32-,42+/m0/s1. The molecule has 4 aliphatic rings. The van der Waals surface area contributed by atoms with Crippen molar-refractivity contribution < 1.29 is 55.0 Å². The number of nitrogens with one attached hydrogen (secondary N) is 1. The second kappa shape index (κ2) is 16.4. The summed E-state index contributed by atoms with van der Waals surface area (Å²) in [6, 6.07) is 2.84. The third kappa shape index (κ3) is 8.86. The zero-order chi connectivity index (χ0) is 42.4. The van der Waals surface area contributed by atoms with E-state index in [0.29, 0.717) is 49.7 Å². The number of carbonyl (C=O) groups excluding carboxylic acids is 4. The molecule has 6 rings (SSSR count). The summed E-state index contributed by atoms with van der Waals surface area (Å²) in [6.07, 6.45) is 3.72. The lowest BCUT2D eigenvalue weighted by Gasteiger charge is -2.34. The Balaban J connectivity index is 1.38. The highest BCUT2D eigenvalue weighted by molar-refractivity contribution is 7.91. The maximum Gasteiger partial charge on any atom is 0.307 e. The van der Waals surface area contributed by atoms with E-state index in [0.717, 1.165) is 13.8 Å². The number of hydrogen-bond acceptors (Lipinski definition) is 10. The molecule has 2 aromatic rings. The number of aromatic nitrogens is 1.